The van der Waals surface area contributed by atoms with Crippen molar-refractivity contribution in [2.24, 2.45) is 0 Å². The first-order chi connectivity index (χ1) is 8.81. The molecule has 0 fully saturated rings. The third kappa shape index (κ3) is 14.6. The molecular formula is C13H25NO5. The Kier molecular flexibility index (Phi) is 8.95. The zero-order valence-corrected chi connectivity index (χ0v) is 12.0. The smallest absolute Gasteiger partial charge is 0.407 e. The van der Waals surface area contributed by atoms with Gasteiger partial charge < -0.3 is 19.9 Å². The van der Waals surface area contributed by atoms with E-state index < -0.39 is 17.7 Å². The zero-order chi connectivity index (χ0) is 14.7. The molecule has 0 aliphatic heterocycles. The van der Waals surface area contributed by atoms with Crippen LogP contribution >= 0.6 is 0 Å². The minimum Gasteiger partial charge on any atom is -0.481 e. The number of unbranched alkanes of at least 4 members (excludes halogenated alkanes) is 2. The van der Waals surface area contributed by atoms with E-state index in [4.69, 9.17) is 14.6 Å². The summed E-state index contributed by atoms with van der Waals surface area (Å²) in [7, 11) is 0. The van der Waals surface area contributed by atoms with E-state index in [1.54, 1.807) is 20.8 Å². The van der Waals surface area contributed by atoms with E-state index in [0.717, 1.165) is 12.8 Å². The van der Waals surface area contributed by atoms with Crippen molar-refractivity contribution >= 4 is 12.1 Å². The molecule has 0 atom stereocenters. The average Bonchev–Trinajstić information content (AvgIpc) is 2.24. The number of ether oxygens (including phenoxy) is 2. The molecule has 112 valence electrons. The van der Waals surface area contributed by atoms with E-state index in [0.29, 0.717) is 26.2 Å². The second kappa shape index (κ2) is 9.61. The molecule has 0 aromatic carbocycles. The highest BCUT2D eigenvalue weighted by atomic mass is 16.6. The number of rotatable bonds is 9. The van der Waals surface area contributed by atoms with Crippen LogP contribution in [0.4, 0.5) is 4.79 Å². The van der Waals surface area contributed by atoms with Crippen molar-refractivity contribution in [1.82, 2.24) is 5.32 Å². The van der Waals surface area contributed by atoms with Gasteiger partial charge in [-0.05, 0) is 33.6 Å². The summed E-state index contributed by atoms with van der Waals surface area (Å²) in [5, 5.41) is 11.0. The van der Waals surface area contributed by atoms with Gasteiger partial charge in [0.15, 0.2) is 0 Å². The van der Waals surface area contributed by atoms with Crippen LogP contribution in [0.5, 0.6) is 0 Å². The zero-order valence-electron chi connectivity index (χ0n) is 12.0. The molecule has 0 saturated carbocycles. The summed E-state index contributed by atoms with van der Waals surface area (Å²) in [5.74, 6) is -0.762. The Balaban J connectivity index is 3.27. The number of hydrogen-bond donors (Lipinski definition) is 2. The van der Waals surface area contributed by atoms with Crippen LogP contribution in [0.1, 0.15) is 46.5 Å². The maximum absolute atomic E-state index is 11.3. The van der Waals surface area contributed by atoms with Crippen molar-refractivity contribution in [3.63, 3.8) is 0 Å². The molecule has 2 N–H and O–H groups in total. The standard InChI is InChI=1S/C13H25NO5/c1-13(2,3)19-12(17)14-8-10-18-9-6-4-5-7-11(15)16/h4-10H2,1-3H3,(H,14,17)(H,15,16). The number of carboxylic acids is 1. The summed E-state index contributed by atoms with van der Waals surface area (Å²) in [6.07, 6.45) is 2.11. The van der Waals surface area contributed by atoms with Crippen molar-refractivity contribution in [1.29, 1.82) is 0 Å². The maximum atomic E-state index is 11.3. The van der Waals surface area contributed by atoms with Crippen LogP contribution in [0.3, 0.4) is 0 Å². The number of carbonyl (C=O) groups is 2. The Morgan fingerprint density at radius 2 is 1.79 bits per heavy atom. The molecule has 0 radical (unpaired) electrons. The largest absolute Gasteiger partial charge is 0.481 e. The van der Waals surface area contributed by atoms with Gasteiger partial charge in [-0.3, -0.25) is 4.79 Å². The van der Waals surface area contributed by atoms with E-state index in [1.807, 2.05) is 0 Å². The lowest BCUT2D eigenvalue weighted by atomic mass is 10.2. The van der Waals surface area contributed by atoms with Gasteiger partial charge in [0.25, 0.3) is 0 Å². The summed E-state index contributed by atoms with van der Waals surface area (Å²) in [4.78, 5) is 21.5. The fourth-order valence-electron chi connectivity index (χ4n) is 1.30. The minimum absolute atomic E-state index is 0.209. The van der Waals surface area contributed by atoms with E-state index >= 15 is 0 Å². The molecule has 0 heterocycles. The Morgan fingerprint density at radius 1 is 1.11 bits per heavy atom. The highest BCUT2D eigenvalue weighted by molar-refractivity contribution is 5.67. The van der Waals surface area contributed by atoms with E-state index in [-0.39, 0.29) is 6.42 Å². The van der Waals surface area contributed by atoms with E-state index in [9.17, 15) is 9.59 Å². The molecule has 6 heteroatoms. The molecular weight excluding hydrogens is 250 g/mol. The summed E-state index contributed by atoms with van der Waals surface area (Å²) in [6, 6.07) is 0. The molecule has 0 spiro atoms. The van der Waals surface area contributed by atoms with Gasteiger partial charge in [-0.2, -0.15) is 0 Å². The highest BCUT2D eigenvalue weighted by Gasteiger charge is 2.15. The van der Waals surface area contributed by atoms with Crippen LogP contribution in [0.25, 0.3) is 0 Å². The minimum atomic E-state index is -0.762. The molecule has 0 aromatic heterocycles. The van der Waals surface area contributed by atoms with Crippen molar-refractivity contribution < 1.29 is 24.2 Å². The lowest BCUT2D eigenvalue weighted by Crippen LogP contribution is -2.34. The summed E-state index contributed by atoms with van der Waals surface area (Å²) < 4.78 is 10.4. The van der Waals surface area contributed by atoms with Crippen LogP contribution in [0.2, 0.25) is 0 Å². The number of alkyl carbamates (subject to hydrolysis) is 1. The fraction of sp³-hybridized carbons (Fsp3) is 0.846. The topological polar surface area (TPSA) is 84.9 Å². The second-order valence-corrected chi connectivity index (χ2v) is 5.25. The van der Waals surface area contributed by atoms with Gasteiger partial charge in [-0.25, -0.2) is 4.79 Å². The number of hydrogen-bond acceptors (Lipinski definition) is 4. The summed E-state index contributed by atoms with van der Waals surface area (Å²) >= 11 is 0. The predicted octanol–water partition coefficient (Wildman–Crippen LogP) is 2.17. The van der Waals surface area contributed by atoms with Crippen LogP contribution in [0, 0.1) is 0 Å². The van der Waals surface area contributed by atoms with E-state index in [2.05, 4.69) is 5.32 Å². The van der Waals surface area contributed by atoms with Crippen LogP contribution in [-0.4, -0.2) is 42.5 Å². The third-order valence-electron chi connectivity index (χ3n) is 2.09. The molecule has 0 aliphatic carbocycles. The Labute approximate surface area is 114 Å². The summed E-state index contributed by atoms with van der Waals surface area (Å²) in [5.41, 5.74) is -0.491. The van der Waals surface area contributed by atoms with Crippen molar-refractivity contribution in [2.45, 2.75) is 52.1 Å². The SMILES string of the molecule is CC(C)(C)OC(=O)NCCOCCCCCC(=O)O. The fourth-order valence-corrected chi connectivity index (χ4v) is 1.30. The van der Waals surface area contributed by atoms with Gasteiger partial charge in [-0.1, -0.05) is 6.42 Å². The summed E-state index contributed by atoms with van der Waals surface area (Å²) in [6.45, 7) is 6.83. The van der Waals surface area contributed by atoms with Crippen molar-refractivity contribution in [3.8, 4) is 0 Å². The number of carboxylic acid groups (broad SMARTS) is 1. The lowest BCUT2D eigenvalue weighted by molar-refractivity contribution is -0.137. The third-order valence-corrected chi connectivity index (χ3v) is 2.09. The van der Waals surface area contributed by atoms with Crippen molar-refractivity contribution in [2.75, 3.05) is 19.8 Å². The van der Waals surface area contributed by atoms with Gasteiger partial charge in [0.05, 0.1) is 6.61 Å². The number of carbonyl (C=O) groups excluding carboxylic acids is 1. The number of amides is 1. The Morgan fingerprint density at radius 3 is 2.37 bits per heavy atom. The molecule has 0 bridgehead atoms. The van der Waals surface area contributed by atoms with E-state index in [1.165, 1.54) is 0 Å². The molecule has 19 heavy (non-hydrogen) atoms. The van der Waals surface area contributed by atoms with Crippen LogP contribution in [0.15, 0.2) is 0 Å². The number of aliphatic carboxylic acids is 1. The first-order valence-corrected chi connectivity index (χ1v) is 6.57. The molecule has 0 aromatic rings. The van der Waals surface area contributed by atoms with Crippen molar-refractivity contribution in [3.05, 3.63) is 0 Å². The molecule has 0 aliphatic rings. The van der Waals surface area contributed by atoms with Crippen LogP contribution in [-0.2, 0) is 14.3 Å². The molecule has 1 amide bonds. The van der Waals surface area contributed by atoms with Gasteiger partial charge in [0.1, 0.15) is 5.60 Å². The Bertz CT molecular complexity index is 273. The van der Waals surface area contributed by atoms with Crippen LogP contribution < -0.4 is 5.32 Å². The monoisotopic (exact) mass is 275 g/mol. The normalized spacial score (nSPS) is 11.1. The van der Waals surface area contributed by atoms with Gasteiger partial charge in [-0.15, -0.1) is 0 Å². The second-order valence-electron chi connectivity index (χ2n) is 5.25. The number of nitrogens with one attached hydrogen (secondary N) is 1. The molecule has 0 rings (SSSR count). The Hall–Kier alpha value is -1.30. The quantitative estimate of drug-likeness (QED) is 0.630. The molecule has 0 unspecified atom stereocenters. The highest BCUT2D eigenvalue weighted by Crippen LogP contribution is 2.06. The average molecular weight is 275 g/mol. The molecule has 0 saturated heterocycles. The van der Waals surface area contributed by atoms with Gasteiger partial charge in [0, 0.05) is 19.6 Å². The van der Waals surface area contributed by atoms with Gasteiger partial charge in [0.2, 0.25) is 0 Å². The first-order valence-electron chi connectivity index (χ1n) is 6.57. The first kappa shape index (κ1) is 17.7. The predicted molar refractivity (Wildman–Crippen MR) is 71.2 cm³/mol. The molecule has 6 nitrogen and oxygen atoms in total. The van der Waals surface area contributed by atoms with Gasteiger partial charge >= 0.3 is 12.1 Å². The lowest BCUT2D eigenvalue weighted by Gasteiger charge is -2.19. The maximum Gasteiger partial charge on any atom is 0.407 e.